The zero-order chi connectivity index (χ0) is 14.2. The minimum absolute atomic E-state index is 0.0924. The first-order valence-corrected chi connectivity index (χ1v) is 8.15. The van der Waals surface area contributed by atoms with Crippen molar-refractivity contribution in [3.05, 3.63) is 16.2 Å². The van der Waals surface area contributed by atoms with Crippen LogP contribution >= 0.6 is 11.3 Å². The maximum Gasteiger partial charge on any atom is 0.304 e. The van der Waals surface area contributed by atoms with Gasteiger partial charge in [-0.3, -0.25) is 10.1 Å². The Morgan fingerprint density at radius 2 is 2.21 bits per heavy atom. The van der Waals surface area contributed by atoms with Gasteiger partial charge in [0.1, 0.15) is 4.21 Å². The SMILES string of the molecule is CC1CCC(NS(=O)(=O)c2cc([N+](=O)[O-])c(N)s2)C1. The zero-order valence-corrected chi connectivity index (χ0v) is 12.0. The summed E-state index contributed by atoms with van der Waals surface area (Å²) in [5.74, 6) is 0.496. The largest absolute Gasteiger partial charge is 0.385 e. The van der Waals surface area contributed by atoms with Crippen molar-refractivity contribution in [3.8, 4) is 0 Å². The topological polar surface area (TPSA) is 115 Å². The molecule has 2 rings (SSSR count). The van der Waals surface area contributed by atoms with E-state index in [9.17, 15) is 18.5 Å². The highest BCUT2D eigenvalue weighted by Crippen LogP contribution is 2.35. The van der Waals surface area contributed by atoms with Gasteiger partial charge in [0, 0.05) is 12.1 Å². The van der Waals surface area contributed by atoms with Crippen LogP contribution in [0.3, 0.4) is 0 Å². The molecule has 0 spiro atoms. The molecule has 0 aromatic carbocycles. The quantitative estimate of drug-likeness (QED) is 0.649. The maximum absolute atomic E-state index is 12.1. The summed E-state index contributed by atoms with van der Waals surface area (Å²) < 4.78 is 26.7. The first-order valence-electron chi connectivity index (χ1n) is 5.85. The Morgan fingerprint density at radius 3 is 2.68 bits per heavy atom. The summed E-state index contributed by atoms with van der Waals surface area (Å²) in [7, 11) is -3.72. The third kappa shape index (κ3) is 3.04. The van der Waals surface area contributed by atoms with Crippen LogP contribution in [0, 0.1) is 16.0 Å². The second kappa shape index (κ2) is 5.06. The number of anilines is 1. The Kier molecular flexibility index (Phi) is 3.79. The Balaban J connectivity index is 2.20. The molecular weight excluding hydrogens is 290 g/mol. The molecule has 1 aliphatic carbocycles. The molecule has 19 heavy (non-hydrogen) atoms. The van der Waals surface area contributed by atoms with Crippen molar-refractivity contribution in [3.63, 3.8) is 0 Å². The molecule has 1 aliphatic rings. The monoisotopic (exact) mass is 305 g/mol. The molecule has 0 aliphatic heterocycles. The smallest absolute Gasteiger partial charge is 0.304 e. The average molecular weight is 305 g/mol. The standard InChI is InChI=1S/C10H15N3O4S2/c1-6-2-3-7(4-6)12-19(16,17)9-5-8(13(14)15)10(11)18-9/h5-7,12H,2-4,11H2,1H3. The Hall–Kier alpha value is -1.19. The molecule has 3 N–H and O–H groups in total. The molecule has 106 valence electrons. The zero-order valence-electron chi connectivity index (χ0n) is 10.3. The average Bonchev–Trinajstić information content (AvgIpc) is 2.84. The second-order valence-corrected chi connectivity index (χ2v) is 7.83. The minimum Gasteiger partial charge on any atom is -0.385 e. The van der Waals surface area contributed by atoms with Gasteiger partial charge in [0.05, 0.1) is 4.92 Å². The highest BCUT2D eigenvalue weighted by Gasteiger charge is 2.29. The first-order chi connectivity index (χ1) is 8.79. The Bertz CT molecular complexity index is 596. The van der Waals surface area contributed by atoms with Crippen LogP contribution in [-0.2, 0) is 10.0 Å². The second-order valence-electron chi connectivity index (χ2n) is 4.81. The van der Waals surface area contributed by atoms with E-state index in [-0.39, 0.29) is 20.9 Å². The molecule has 0 amide bonds. The fourth-order valence-corrected chi connectivity index (χ4v) is 4.75. The van der Waals surface area contributed by atoms with E-state index < -0.39 is 14.9 Å². The van der Waals surface area contributed by atoms with Gasteiger partial charge in [0.25, 0.3) is 10.0 Å². The minimum atomic E-state index is -3.72. The van der Waals surface area contributed by atoms with Gasteiger partial charge in [0.15, 0.2) is 5.00 Å². The third-order valence-electron chi connectivity index (χ3n) is 3.20. The van der Waals surface area contributed by atoms with Crippen LogP contribution in [0.4, 0.5) is 10.7 Å². The molecular formula is C10H15N3O4S2. The van der Waals surface area contributed by atoms with Crippen LogP contribution in [0.1, 0.15) is 26.2 Å². The molecule has 7 nitrogen and oxygen atoms in total. The van der Waals surface area contributed by atoms with Crippen molar-refractivity contribution in [2.24, 2.45) is 5.92 Å². The summed E-state index contributed by atoms with van der Waals surface area (Å²) in [4.78, 5) is 9.99. The van der Waals surface area contributed by atoms with Gasteiger partial charge in [-0.2, -0.15) is 0 Å². The summed E-state index contributed by atoms with van der Waals surface area (Å²) in [6, 6.07) is 0.920. The molecule has 2 atom stereocenters. The highest BCUT2D eigenvalue weighted by atomic mass is 32.2. The number of nitrogens with zero attached hydrogens (tertiary/aromatic N) is 1. The van der Waals surface area contributed by atoms with Gasteiger partial charge in [-0.05, 0) is 25.2 Å². The molecule has 1 aromatic rings. The molecule has 0 saturated heterocycles. The molecule has 0 bridgehead atoms. The van der Waals surface area contributed by atoms with E-state index in [2.05, 4.69) is 11.6 Å². The van der Waals surface area contributed by atoms with Gasteiger partial charge < -0.3 is 5.73 Å². The number of nitrogen functional groups attached to an aromatic ring is 1. The Labute approximate surface area is 115 Å². The number of nitrogens with two attached hydrogens (primary N) is 1. The number of thiophene rings is 1. The van der Waals surface area contributed by atoms with Crippen LogP contribution in [0.2, 0.25) is 0 Å². The summed E-state index contributed by atoms with van der Waals surface area (Å²) in [6.45, 7) is 2.07. The van der Waals surface area contributed by atoms with Crippen molar-refractivity contribution in [2.45, 2.75) is 36.4 Å². The fraction of sp³-hybridized carbons (Fsp3) is 0.600. The van der Waals surface area contributed by atoms with E-state index in [4.69, 9.17) is 5.73 Å². The van der Waals surface area contributed by atoms with Gasteiger partial charge in [0.2, 0.25) is 0 Å². The van der Waals surface area contributed by atoms with E-state index in [1.54, 1.807) is 0 Å². The molecule has 9 heteroatoms. The molecule has 1 saturated carbocycles. The van der Waals surface area contributed by atoms with E-state index >= 15 is 0 Å². The third-order valence-corrected chi connectivity index (χ3v) is 6.14. The number of hydrogen-bond acceptors (Lipinski definition) is 6. The fourth-order valence-electron chi connectivity index (χ4n) is 2.24. The van der Waals surface area contributed by atoms with Crippen molar-refractivity contribution >= 4 is 32.0 Å². The van der Waals surface area contributed by atoms with Gasteiger partial charge in [-0.1, -0.05) is 18.3 Å². The highest BCUT2D eigenvalue weighted by molar-refractivity contribution is 7.91. The van der Waals surface area contributed by atoms with Crippen LogP contribution in [0.15, 0.2) is 10.3 Å². The Morgan fingerprint density at radius 1 is 1.53 bits per heavy atom. The van der Waals surface area contributed by atoms with E-state index in [1.165, 1.54) is 0 Å². The number of rotatable bonds is 4. The lowest BCUT2D eigenvalue weighted by atomic mass is 10.1. The summed E-state index contributed by atoms with van der Waals surface area (Å²) in [5, 5.41) is 10.6. The van der Waals surface area contributed by atoms with Gasteiger partial charge in [-0.25, -0.2) is 13.1 Å². The normalized spacial score (nSPS) is 23.6. The lowest BCUT2D eigenvalue weighted by Crippen LogP contribution is -2.32. The van der Waals surface area contributed by atoms with Crippen LogP contribution in [-0.4, -0.2) is 19.4 Å². The molecule has 1 heterocycles. The number of hydrogen-bond donors (Lipinski definition) is 2. The van der Waals surface area contributed by atoms with Crippen molar-refractivity contribution < 1.29 is 13.3 Å². The molecule has 2 unspecified atom stereocenters. The molecule has 1 aromatic heterocycles. The van der Waals surface area contributed by atoms with E-state index in [1.807, 2.05) is 0 Å². The molecule has 0 radical (unpaired) electrons. The van der Waals surface area contributed by atoms with Gasteiger partial charge in [-0.15, -0.1) is 0 Å². The van der Waals surface area contributed by atoms with E-state index in [0.29, 0.717) is 5.92 Å². The first kappa shape index (κ1) is 14.2. The van der Waals surface area contributed by atoms with E-state index in [0.717, 1.165) is 36.7 Å². The van der Waals surface area contributed by atoms with Crippen molar-refractivity contribution in [1.29, 1.82) is 0 Å². The van der Waals surface area contributed by atoms with Gasteiger partial charge >= 0.3 is 5.69 Å². The predicted molar refractivity (Wildman–Crippen MR) is 72.5 cm³/mol. The summed E-state index contributed by atoms with van der Waals surface area (Å²) in [6.07, 6.45) is 2.57. The maximum atomic E-state index is 12.1. The van der Waals surface area contributed by atoms with Crippen LogP contribution < -0.4 is 10.5 Å². The lowest BCUT2D eigenvalue weighted by Gasteiger charge is -2.11. The van der Waals surface area contributed by atoms with Crippen molar-refractivity contribution in [1.82, 2.24) is 4.72 Å². The number of nitro groups is 1. The van der Waals surface area contributed by atoms with Crippen LogP contribution in [0.25, 0.3) is 0 Å². The van der Waals surface area contributed by atoms with Crippen LogP contribution in [0.5, 0.6) is 0 Å². The van der Waals surface area contributed by atoms with Crippen molar-refractivity contribution in [2.75, 3.05) is 5.73 Å². The summed E-state index contributed by atoms with van der Waals surface area (Å²) >= 11 is 0.719. The number of nitrogens with one attached hydrogen (secondary N) is 1. The lowest BCUT2D eigenvalue weighted by molar-refractivity contribution is -0.383. The predicted octanol–water partition coefficient (Wildman–Crippen LogP) is 1.71. The number of sulfonamides is 1. The molecule has 1 fully saturated rings. The summed E-state index contributed by atoms with van der Waals surface area (Å²) in [5.41, 5.74) is 5.10.